The molecule has 1 aromatic carbocycles. The maximum Gasteiger partial charge on any atom is 0.124 e. The third-order valence-electron chi connectivity index (χ3n) is 1.88. The van der Waals surface area contributed by atoms with Crippen molar-refractivity contribution in [2.75, 3.05) is 13.7 Å². The van der Waals surface area contributed by atoms with Gasteiger partial charge in [0.25, 0.3) is 0 Å². The molecule has 0 unspecified atom stereocenters. The van der Waals surface area contributed by atoms with Gasteiger partial charge in [-0.3, -0.25) is 0 Å². The van der Waals surface area contributed by atoms with Crippen LogP contribution in [0.25, 0.3) is 0 Å². The van der Waals surface area contributed by atoms with Gasteiger partial charge in [0.15, 0.2) is 0 Å². The molecule has 0 spiro atoms. The number of benzene rings is 1. The van der Waals surface area contributed by atoms with Gasteiger partial charge in [-0.25, -0.2) is 0 Å². The molecule has 0 bridgehead atoms. The zero-order valence-electron chi connectivity index (χ0n) is 8.52. The van der Waals surface area contributed by atoms with Crippen LogP contribution >= 0.6 is 27.5 Å². The highest BCUT2D eigenvalue weighted by Gasteiger charge is 2.02. The highest BCUT2D eigenvalue weighted by Crippen LogP contribution is 2.23. The second kappa shape index (κ2) is 6.16. The number of halogens is 2. The Hall–Kier alpha value is -0.510. The summed E-state index contributed by atoms with van der Waals surface area (Å²) in [7, 11) is 1.66. The largest absolute Gasteiger partial charge is 0.496 e. The van der Waals surface area contributed by atoms with Crippen LogP contribution in [0.15, 0.2) is 34.3 Å². The van der Waals surface area contributed by atoms with E-state index in [-0.39, 0.29) is 0 Å². The first-order valence-corrected chi connectivity index (χ1v) is 5.67. The van der Waals surface area contributed by atoms with E-state index in [0.717, 1.165) is 15.8 Å². The Labute approximate surface area is 103 Å². The van der Waals surface area contributed by atoms with Crippen molar-refractivity contribution in [1.82, 2.24) is 5.32 Å². The summed E-state index contributed by atoms with van der Waals surface area (Å²) < 4.78 is 6.26. The van der Waals surface area contributed by atoms with Crippen LogP contribution in [-0.2, 0) is 6.54 Å². The molecule has 0 aromatic heterocycles. The van der Waals surface area contributed by atoms with Gasteiger partial charge in [-0.15, -0.1) is 0 Å². The predicted molar refractivity (Wildman–Crippen MR) is 67.4 cm³/mol. The van der Waals surface area contributed by atoms with E-state index in [2.05, 4.69) is 27.8 Å². The molecular formula is C11H13BrClNO. The van der Waals surface area contributed by atoms with Crippen molar-refractivity contribution in [3.8, 4) is 5.75 Å². The highest BCUT2D eigenvalue weighted by molar-refractivity contribution is 9.10. The fourth-order valence-electron chi connectivity index (χ4n) is 1.20. The highest BCUT2D eigenvalue weighted by atomic mass is 79.9. The van der Waals surface area contributed by atoms with Gasteiger partial charge in [0.05, 0.1) is 7.11 Å². The summed E-state index contributed by atoms with van der Waals surface area (Å²) in [4.78, 5) is 0. The van der Waals surface area contributed by atoms with Crippen LogP contribution in [-0.4, -0.2) is 13.7 Å². The maximum absolute atomic E-state index is 5.65. The number of methoxy groups -OCH3 is 1. The number of ether oxygens (including phenoxy) is 1. The average Bonchev–Trinajstić information content (AvgIpc) is 2.19. The molecule has 1 rings (SSSR count). The lowest BCUT2D eigenvalue weighted by atomic mass is 10.2. The zero-order chi connectivity index (χ0) is 11.3. The van der Waals surface area contributed by atoms with E-state index in [1.165, 1.54) is 0 Å². The molecule has 2 nitrogen and oxygen atoms in total. The van der Waals surface area contributed by atoms with Crippen LogP contribution in [0.4, 0.5) is 0 Å². The van der Waals surface area contributed by atoms with Crippen molar-refractivity contribution in [1.29, 1.82) is 0 Å². The normalized spacial score (nSPS) is 10.1. The van der Waals surface area contributed by atoms with Gasteiger partial charge in [0.2, 0.25) is 0 Å². The summed E-state index contributed by atoms with van der Waals surface area (Å²) in [5, 5.41) is 3.77. The van der Waals surface area contributed by atoms with Crippen LogP contribution in [0, 0.1) is 0 Å². The SMILES string of the molecule is C=C(Cl)CNCc1ccc(Br)cc1OC. The number of nitrogens with one attached hydrogen (secondary N) is 1. The van der Waals surface area contributed by atoms with Gasteiger partial charge < -0.3 is 10.1 Å². The van der Waals surface area contributed by atoms with E-state index in [1.54, 1.807) is 7.11 Å². The van der Waals surface area contributed by atoms with Crippen LogP contribution < -0.4 is 10.1 Å². The smallest absolute Gasteiger partial charge is 0.124 e. The summed E-state index contributed by atoms with van der Waals surface area (Å²) in [5.41, 5.74) is 1.10. The summed E-state index contributed by atoms with van der Waals surface area (Å²) in [6.07, 6.45) is 0. The summed E-state index contributed by atoms with van der Waals surface area (Å²) in [5.74, 6) is 0.858. The second-order valence-corrected chi connectivity index (χ2v) is 4.53. The minimum absolute atomic E-state index is 0.598. The Morgan fingerprint density at radius 1 is 1.60 bits per heavy atom. The van der Waals surface area contributed by atoms with Crippen molar-refractivity contribution < 1.29 is 4.74 Å². The summed E-state index contributed by atoms with van der Waals surface area (Å²) in [6.45, 7) is 4.92. The maximum atomic E-state index is 5.65. The van der Waals surface area contributed by atoms with Gasteiger partial charge in [0.1, 0.15) is 5.75 Å². The number of hydrogen-bond donors (Lipinski definition) is 1. The first-order valence-electron chi connectivity index (χ1n) is 4.50. The molecule has 0 aliphatic heterocycles. The molecule has 0 amide bonds. The minimum Gasteiger partial charge on any atom is -0.496 e. The molecule has 0 atom stereocenters. The Bertz CT molecular complexity index is 354. The predicted octanol–water partition coefficient (Wildman–Crippen LogP) is 3.30. The Balaban J connectivity index is 2.63. The third kappa shape index (κ3) is 4.24. The van der Waals surface area contributed by atoms with Crippen LogP contribution in [0.2, 0.25) is 0 Å². The van der Waals surface area contributed by atoms with Crippen molar-refractivity contribution >= 4 is 27.5 Å². The van der Waals surface area contributed by atoms with E-state index in [0.29, 0.717) is 18.1 Å². The number of rotatable bonds is 5. The van der Waals surface area contributed by atoms with E-state index in [4.69, 9.17) is 16.3 Å². The molecule has 0 saturated carbocycles. The van der Waals surface area contributed by atoms with Crippen LogP contribution in [0.1, 0.15) is 5.56 Å². The van der Waals surface area contributed by atoms with Gasteiger partial charge in [0, 0.05) is 28.2 Å². The molecule has 15 heavy (non-hydrogen) atoms. The molecule has 0 saturated heterocycles. The molecular weight excluding hydrogens is 277 g/mol. The number of hydrogen-bond acceptors (Lipinski definition) is 2. The molecule has 1 aromatic rings. The van der Waals surface area contributed by atoms with Crippen molar-refractivity contribution in [3.63, 3.8) is 0 Å². The van der Waals surface area contributed by atoms with Crippen LogP contribution in [0.5, 0.6) is 5.75 Å². The zero-order valence-corrected chi connectivity index (χ0v) is 10.9. The molecule has 0 heterocycles. The molecule has 1 N–H and O–H groups in total. The minimum atomic E-state index is 0.598. The molecule has 0 fully saturated rings. The van der Waals surface area contributed by atoms with Gasteiger partial charge >= 0.3 is 0 Å². The quantitative estimate of drug-likeness (QED) is 0.898. The topological polar surface area (TPSA) is 21.3 Å². The lowest BCUT2D eigenvalue weighted by Gasteiger charge is -2.09. The average molecular weight is 291 g/mol. The lowest BCUT2D eigenvalue weighted by Crippen LogP contribution is -2.15. The van der Waals surface area contributed by atoms with Gasteiger partial charge in [-0.2, -0.15) is 0 Å². The Morgan fingerprint density at radius 3 is 2.93 bits per heavy atom. The second-order valence-electron chi connectivity index (χ2n) is 3.08. The van der Waals surface area contributed by atoms with E-state index in [1.807, 2.05) is 18.2 Å². The van der Waals surface area contributed by atoms with Crippen LogP contribution in [0.3, 0.4) is 0 Å². The Morgan fingerprint density at radius 2 is 2.33 bits per heavy atom. The van der Waals surface area contributed by atoms with Gasteiger partial charge in [-0.05, 0) is 12.1 Å². The third-order valence-corrected chi connectivity index (χ3v) is 2.51. The lowest BCUT2D eigenvalue weighted by molar-refractivity contribution is 0.408. The van der Waals surface area contributed by atoms with Crippen molar-refractivity contribution in [2.24, 2.45) is 0 Å². The first-order chi connectivity index (χ1) is 7.13. The Kier molecular flexibility index (Phi) is 5.15. The van der Waals surface area contributed by atoms with E-state index < -0.39 is 0 Å². The molecule has 82 valence electrons. The monoisotopic (exact) mass is 289 g/mol. The van der Waals surface area contributed by atoms with Gasteiger partial charge in [-0.1, -0.05) is 40.2 Å². The first kappa shape index (κ1) is 12.6. The molecule has 0 radical (unpaired) electrons. The molecule has 4 heteroatoms. The molecule has 0 aliphatic carbocycles. The van der Waals surface area contributed by atoms with E-state index in [9.17, 15) is 0 Å². The molecule has 0 aliphatic rings. The summed E-state index contributed by atoms with van der Waals surface area (Å²) in [6, 6.07) is 5.93. The van der Waals surface area contributed by atoms with Crippen molar-refractivity contribution in [2.45, 2.75) is 6.54 Å². The standard InChI is InChI=1S/C11H13BrClNO/c1-8(13)6-14-7-9-3-4-10(12)5-11(9)15-2/h3-5,14H,1,6-7H2,2H3. The summed E-state index contributed by atoms with van der Waals surface area (Å²) >= 11 is 9.04. The fourth-order valence-corrected chi connectivity index (χ4v) is 1.63. The van der Waals surface area contributed by atoms with E-state index >= 15 is 0 Å². The fraction of sp³-hybridized carbons (Fsp3) is 0.273. The van der Waals surface area contributed by atoms with Crippen molar-refractivity contribution in [3.05, 3.63) is 39.8 Å².